The third-order valence-corrected chi connectivity index (χ3v) is 5.16. The second-order valence-electron chi connectivity index (χ2n) is 8.41. The lowest BCUT2D eigenvalue weighted by Crippen LogP contribution is -2.53. The number of carbonyl (C=O) groups is 2. The van der Waals surface area contributed by atoms with E-state index in [1.807, 2.05) is 25.3 Å². The zero-order valence-corrected chi connectivity index (χ0v) is 17.5. The standard InChI is InChI=1S/C21H28FN5O2/c1-12-10-13(6-7-14(12)22)18-25-16(15-11-24-8-9-27(15)18)19(28)26-17(20(29)23-5)21(2,3)4/h6-7,10,17,24H,8-9,11H2,1-5H3,(H,23,29)(H,26,28)/t17-/m1/s1. The third kappa shape index (κ3) is 4.17. The number of hydrogen-bond acceptors (Lipinski definition) is 4. The van der Waals surface area contributed by atoms with E-state index in [1.54, 1.807) is 26.1 Å². The van der Waals surface area contributed by atoms with Crippen LogP contribution < -0.4 is 16.0 Å². The molecule has 3 rings (SSSR count). The topological polar surface area (TPSA) is 88.1 Å². The first-order valence-corrected chi connectivity index (χ1v) is 9.72. The Bertz CT molecular complexity index is 945. The molecule has 0 aliphatic carbocycles. The highest BCUT2D eigenvalue weighted by molar-refractivity contribution is 5.97. The Hall–Kier alpha value is -2.74. The zero-order valence-electron chi connectivity index (χ0n) is 17.5. The van der Waals surface area contributed by atoms with Crippen LogP contribution in [0.3, 0.4) is 0 Å². The molecule has 0 spiro atoms. The van der Waals surface area contributed by atoms with Crippen LogP contribution in [0.2, 0.25) is 0 Å². The van der Waals surface area contributed by atoms with Crippen molar-refractivity contribution in [2.45, 2.75) is 46.8 Å². The van der Waals surface area contributed by atoms with Crippen molar-refractivity contribution in [3.63, 3.8) is 0 Å². The average Bonchev–Trinajstić information content (AvgIpc) is 3.06. The van der Waals surface area contributed by atoms with E-state index in [-0.39, 0.29) is 17.4 Å². The molecule has 0 bridgehead atoms. The van der Waals surface area contributed by atoms with E-state index in [0.29, 0.717) is 24.5 Å². The van der Waals surface area contributed by atoms with Gasteiger partial charge < -0.3 is 20.5 Å². The summed E-state index contributed by atoms with van der Waals surface area (Å²) in [6.45, 7) is 9.28. The van der Waals surface area contributed by atoms with Crippen molar-refractivity contribution >= 4 is 11.8 Å². The Kier molecular flexibility index (Phi) is 5.75. The lowest BCUT2D eigenvalue weighted by molar-refractivity contribution is -0.124. The van der Waals surface area contributed by atoms with Gasteiger partial charge in [-0.15, -0.1) is 0 Å². The number of rotatable bonds is 4. The molecular weight excluding hydrogens is 373 g/mol. The molecule has 0 saturated heterocycles. The summed E-state index contributed by atoms with van der Waals surface area (Å²) in [7, 11) is 1.55. The largest absolute Gasteiger partial charge is 0.357 e. The molecule has 2 amide bonds. The number of aryl methyl sites for hydroxylation is 1. The van der Waals surface area contributed by atoms with Gasteiger partial charge in [-0.25, -0.2) is 9.37 Å². The number of amides is 2. The van der Waals surface area contributed by atoms with Crippen LogP contribution in [0, 0.1) is 18.2 Å². The van der Waals surface area contributed by atoms with E-state index in [1.165, 1.54) is 6.07 Å². The van der Waals surface area contributed by atoms with Gasteiger partial charge in [0.05, 0.1) is 5.69 Å². The predicted octanol–water partition coefficient (Wildman–Crippen LogP) is 1.99. The highest BCUT2D eigenvalue weighted by Crippen LogP contribution is 2.27. The third-order valence-electron chi connectivity index (χ3n) is 5.16. The van der Waals surface area contributed by atoms with E-state index < -0.39 is 17.4 Å². The van der Waals surface area contributed by atoms with Crippen molar-refractivity contribution in [2.24, 2.45) is 5.41 Å². The molecule has 0 saturated carbocycles. The first-order chi connectivity index (χ1) is 13.6. The van der Waals surface area contributed by atoms with Gasteiger partial charge in [-0.1, -0.05) is 20.8 Å². The van der Waals surface area contributed by atoms with Gasteiger partial charge >= 0.3 is 0 Å². The van der Waals surface area contributed by atoms with E-state index in [0.717, 1.165) is 17.8 Å². The van der Waals surface area contributed by atoms with Crippen LogP contribution in [0.15, 0.2) is 18.2 Å². The molecule has 8 heteroatoms. The summed E-state index contributed by atoms with van der Waals surface area (Å²) < 4.78 is 15.7. The SMILES string of the molecule is CNC(=O)[C@@H](NC(=O)c1nc(-c2ccc(F)c(C)c2)n2c1CNCC2)C(C)(C)C. The van der Waals surface area contributed by atoms with Crippen LogP contribution in [0.5, 0.6) is 0 Å². The van der Waals surface area contributed by atoms with Crippen LogP contribution in [0.4, 0.5) is 4.39 Å². The molecule has 0 radical (unpaired) electrons. The Morgan fingerprint density at radius 1 is 1.31 bits per heavy atom. The fourth-order valence-electron chi connectivity index (χ4n) is 3.51. The van der Waals surface area contributed by atoms with Crippen molar-refractivity contribution < 1.29 is 14.0 Å². The summed E-state index contributed by atoms with van der Waals surface area (Å²) in [5.41, 5.74) is 1.85. The minimum atomic E-state index is -0.703. The minimum absolute atomic E-state index is 0.258. The predicted molar refractivity (Wildman–Crippen MR) is 109 cm³/mol. The summed E-state index contributed by atoms with van der Waals surface area (Å²) in [5, 5.41) is 8.71. The van der Waals surface area contributed by atoms with Gasteiger partial charge in [0.2, 0.25) is 5.91 Å². The zero-order chi connectivity index (χ0) is 21.3. The molecule has 156 valence electrons. The van der Waals surface area contributed by atoms with Crippen LogP contribution in [-0.2, 0) is 17.9 Å². The summed E-state index contributed by atoms with van der Waals surface area (Å²) in [5.74, 6) is -0.308. The van der Waals surface area contributed by atoms with Crippen LogP contribution >= 0.6 is 0 Å². The first-order valence-electron chi connectivity index (χ1n) is 9.72. The number of benzene rings is 1. The number of carbonyl (C=O) groups excluding carboxylic acids is 2. The molecule has 0 unspecified atom stereocenters. The monoisotopic (exact) mass is 401 g/mol. The molecule has 7 nitrogen and oxygen atoms in total. The van der Waals surface area contributed by atoms with Crippen LogP contribution in [-0.4, -0.2) is 41.0 Å². The average molecular weight is 401 g/mol. The Labute approximate surface area is 170 Å². The molecule has 3 N–H and O–H groups in total. The first kappa shape index (κ1) is 21.0. The highest BCUT2D eigenvalue weighted by Gasteiger charge is 2.34. The Balaban J connectivity index is 2.01. The van der Waals surface area contributed by atoms with Crippen molar-refractivity contribution in [1.82, 2.24) is 25.5 Å². The van der Waals surface area contributed by atoms with Crippen LogP contribution in [0.1, 0.15) is 42.5 Å². The summed E-state index contributed by atoms with van der Waals surface area (Å²) in [4.78, 5) is 30.0. The fraction of sp³-hybridized carbons (Fsp3) is 0.476. The van der Waals surface area contributed by atoms with Gasteiger partial charge in [-0.2, -0.15) is 0 Å². The molecule has 1 aliphatic heterocycles. The number of likely N-dealkylation sites (N-methyl/N-ethyl adjacent to an activating group) is 1. The van der Waals surface area contributed by atoms with E-state index in [9.17, 15) is 14.0 Å². The quantitative estimate of drug-likeness (QED) is 0.731. The van der Waals surface area contributed by atoms with Gasteiger partial charge in [0.25, 0.3) is 5.91 Å². The Morgan fingerprint density at radius 3 is 2.66 bits per heavy atom. The van der Waals surface area contributed by atoms with Gasteiger partial charge in [-0.05, 0) is 36.1 Å². The van der Waals surface area contributed by atoms with Gasteiger partial charge in [0, 0.05) is 32.2 Å². The number of imidazole rings is 1. The van der Waals surface area contributed by atoms with Crippen molar-refractivity contribution in [3.05, 3.63) is 41.0 Å². The molecule has 2 aromatic rings. The summed E-state index contributed by atoms with van der Waals surface area (Å²) >= 11 is 0. The van der Waals surface area contributed by atoms with E-state index >= 15 is 0 Å². The lowest BCUT2D eigenvalue weighted by Gasteiger charge is -2.29. The molecule has 1 aliphatic rings. The minimum Gasteiger partial charge on any atom is -0.357 e. The smallest absolute Gasteiger partial charge is 0.272 e. The number of halogens is 1. The van der Waals surface area contributed by atoms with Crippen molar-refractivity contribution in [2.75, 3.05) is 13.6 Å². The normalized spacial score (nSPS) is 14.8. The van der Waals surface area contributed by atoms with Crippen LogP contribution in [0.25, 0.3) is 11.4 Å². The number of hydrogen-bond donors (Lipinski definition) is 3. The number of nitrogens with zero attached hydrogens (tertiary/aromatic N) is 2. The summed E-state index contributed by atoms with van der Waals surface area (Å²) in [6, 6.07) is 4.11. The molecule has 1 atom stereocenters. The van der Waals surface area contributed by atoms with Gasteiger partial charge in [-0.3, -0.25) is 9.59 Å². The second kappa shape index (κ2) is 7.94. The van der Waals surface area contributed by atoms with Crippen molar-refractivity contribution in [3.8, 4) is 11.4 Å². The van der Waals surface area contributed by atoms with E-state index in [4.69, 9.17) is 0 Å². The maximum Gasteiger partial charge on any atom is 0.272 e. The number of fused-ring (bicyclic) bond motifs is 1. The molecule has 2 heterocycles. The van der Waals surface area contributed by atoms with Crippen molar-refractivity contribution in [1.29, 1.82) is 0 Å². The summed E-state index contributed by atoms with van der Waals surface area (Å²) in [6.07, 6.45) is 0. The molecule has 1 aromatic carbocycles. The number of aromatic nitrogens is 2. The maximum atomic E-state index is 13.7. The molecule has 0 fully saturated rings. The lowest BCUT2D eigenvalue weighted by atomic mass is 9.86. The number of nitrogens with one attached hydrogen (secondary N) is 3. The fourth-order valence-corrected chi connectivity index (χ4v) is 3.51. The van der Waals surface area contributed by atoms with E-state index in [2.05, 4.69) is 20.9 Å². The van der Waals surface area contributed by atoms with Gasteiger partial charge in [0.1, 0.15) is 17.7 Å². The Morgan fingerprint density at radius 2 is 2.03 bits per heavy atom. The van der Waals surface area contributed by atoms with Gasteiger partial charge in [0.15, 0.2) is 5.69 Å². The maximum absolute atomic E-state index is 13.7. The molecule has 1 aromatic heterocycles. The molecule has 29 heavy (non-hydrogen) atoms. The second-order valence-corrected chi connectivity index (χ2v) is 8.41. The highest BCUT2D eigenvalue weighted by atomic mass is 19.1. The molecular formula is C21H28FN5O2.